The predicted molar refractivity (Wildman–Crippen MR) is 115 cm³/mol. The third-order valence-electron chi connectivity index (χ3n) is 5.15. The lowest BCUT2D eigenvalue weighted by atomic mass is 10.1. The summed E-state index contributed by atoms with van der Waals surface area (Å²) in [7, 11) is 3.97. The quantitative estimate of drug-likeness (QED) is 0.739. The molecule has 1 amide bonds. The number of hydrogen-bond donors (Lipinski definition) is 0. The fraction of sp³-hybridized carbons (Fsp3) is 0.350. The number of ether oxygens (including phenoxy) is 1. The third-order valence-corrected chi connectivity index (χ3v) is 10.1. The van der Waals surface area contributed by atoms with E-state index in [4.69, 9.17) is 16.5 Å². The topological polar surface area (TPSA) is 36.0 Å². The fourth-order valence-corrected chi connectivity index (χ4v) is 8.13. The lowest BCUT2D eigenvalue weighted by Crippen LogP contribution is -2.40. The zero-order chi connectivity index (χ0) is 19.2. The second-order valence-corrected chi connectivity index (χ2v) is 11.2. The molecule has 0 aliphatic carbocycles. The number of rotatable bonds is 3. The first-order valence-corrected chi connectivity index (χ1v) is 11.8. The van der Waals surface area contributed by atoms with Crippen molar-refractivity contribution in [2.45, 2.75) is 6.92 Å². The molecule has 1 fully saturated rings. The van der Waals surface area contributed by atoms with E-state index in [2.05, 4.69) is 16.8 Å². The number of anilines is 2. The molecule has 0 aromatic heterocycles. The molecule has 2 aromatic carbocycles. The molecule has 2 aliphatic rings. The highest BCUT2D eigenvalue weighted by Gasteiger charge is 2.47. The average molecular weight is 401 g/mol. The number of fused-ring (bicyclic) bond motifs is 1. The molecule has 5 nitrogen and oxygen atoms in total. The van der Waals surface area contributed by atoms with Gasteiger partial charge in [0.15, 0.2) is 0 Å². The second kappa shape index (κ2) is 7.02. The molecule has 0 N–H and O–H groups in total. The van der Waals surface area contributed by atoms with Gasteiger partial charge >= 0.3 is 0 Å². The van der Waals surface area contributed by atoms with Gasteiger partial charge in [-0.25, -0.2) is 0 Å². The van der Waals surface area contributed by atoms with Gasteiger partial charge in [0.2, 0.25) is 0 Å². The number of carbonyl (C=O) groups is 1. The van der Waals surface area contributed by atoms with Gasteiger partial charge in [-0.2, -0.15) is 0 Å². The van der Waals surface area contributed by atoms with E-state index in [1.165, 1.54) is 0 Å². The van der Waals surface area contributed by atoms with Gasteiger partial charge in [0.25, 0.3) is 5.91 Å². The Labute approximate surface area is 165 Å². The summed E-state index contributed by atoms with van der Waals surface area (Å²) in [5, 5.41) is 0.996. The molecule has 0 unspecified atom stereocenters. The van der Waals surface area contributed by atoms with E-state index in [9.17, 15) is 4.79 Å². The number of aryl methyl sites for hydroxylation is 1. The maximum absolute atomic E-state index is 13.5. The minimum absolute atomic E-state index is 0.00683. The molecular weight excluding hydrogens is 377 g/mol. The van der Waals surface area contributed by atoms with Crippen LogP contribution in [-0.2, 0) is 16.5 Å². The second-order valence-electron chi connectivity index (χ2n) is 7.16. The SMILES string of the molecule is Cc1ccc(N2C(=O)c3cc(N(C)C)ccc3[P@@]2(=S)N2CCOCC2)cc1. The van der Waals surface area contributed by atoms with Crippen LogP contribution in [-0.4, -0.2) is 51.0 Å². The lowest BCUT2D eigenvalue weighted by molar-refractivity contribution is 0.0747. The third kappa shape index (κ3) is 3.01. The van der Waals surface area contributed by atoms with Crippen molar-refractivity contribution in [2.24, 2.45) is 0 Å². The maximum atomic E-state index is 13.5. The molecule has 1 saturated heterocycles. The van der Waals surface area contributed by atoms with Crippen LogP contribution < -0.4 is 14.9 Å². The van der Waals surface area contributed by atoms with Crippen LogP contribution in [0.25, 0.3) is 0 Å². The smallest absolute Gasteiger partial charge is 0.264 e. The highest BCUT2D eigenvalue weighted by molar-refractivity contribution is 8.18. The minimum Gasteiger partial charge on any atom is -0.379 e. The first-order valence-electron chi connectivity index (χ1n) is 9.09. The normalized spacial score (nSPS) is 22.8. The minimum atomic E-state index is -2.44. The average Bonchev–Trinajstić information content (AvgIpc) is 2.91. The van der Waals surface area contributed by atoms with Gasteiger partial charge in [0, 0.05) is 43.9 Å². The Morgan fingerprint density at radius 2 is 1.74 bits per heavy atom. The van der Waals surface area contributed by atoms with Crippen LogP contribution in [0.2, 0.25) is 0 Å². The molecule has 0 bridgehead atoms. The van der Waals surface area contributed by atoms with Crippen molar-refractivity contribution in [3.8, 4) is 0 Å². The van der Waals surface area contributed by atoms with E-state index in [0.29, 0.717) is 13.2 Å². The first-order chi connectivity index (χ1) is 12.9. The van der Waals surface area contributed by atoms with Crippen molar-refractivity contribution in [1.29, 1.82) is 0 Å². The monoisotopic (exact) mass is 401 g/mol. The number of hydrogen-bond acceptors (Lipinski definition) is 4. The first kappa shape index (κ1) is 18.6. The molecule has 0 spiro atoms. The molecule has 2 aliphatic heterocycles. The van der Waals surface area contributed by atoms with E-state index in [1.807, 2.05) is 60.9 Å². The number of morpholine rings is 1. The van der Waals surface area contributed by atoms with E-state index in [-0.39, 0.29) is 5.91 Å². The van der Waals surface area contributed by atoms with E-state index < -0.39 is 6.34 Å². The highest BCUT2D eigenvalue weighted by Crippen LogP contribution is 2.59. The molecule has 7 heteroatoms. The van der Waals surface area contributed by atoms with Gasteiger partial charge in [-0.05, 0) is 37.3 Å². The van der Waals surface area contributed by atoms with Gasteiger partial charge in [0.1, 0.15) is 6.34 Å². The van der Waals surface area contributed by atoms with Crippen molar-refractivity contribution in [3.63, 3.8) is 0 Å². The van der Waals surface area contributed by atoms with Crippen LogP contribution in [0.1, 0.15) is 15.9 Å². The summed E-state index contributed by atoms with van der Waals surface area (Å²) in [6, 6.07) is 14.2. The van der Waals surface area contributed by atoms with Gasteiger partial charge in [-0.1, -0.05) is 29.5 Å². The zero-order valence-corrected chi connectivity index (χ0v) is 17.6. The van der Waals surface area contributed by atoms with Crippen LogP contribution >= 0.6 is 6.34 Å². The van der Waals surface area contributed by atoms with Crippen LogP contribution in [0, 0.1) is 6.92 Å². The maximum Gasteiger partial charge on any atom is 0.264 e. The van der Waals surface area contributed by atoms with Crippen molar-refractivity contribution in [2.75, 3.05) is 50.0 Å². The largest absolute Gasteiger partial charge is 0.379 e. The summed E-state index contributed by atoms with van der Waals surface area (Å²) in [6.45, 7) is 4.86. The lowest BCUT2D eigenvalue weighted by Gasteiger charge is -2.40. The number of carbonyl (C=O) groups excluding carboxylic acids is 1. The van der Waals surface area contributed by atoms with Gasteiger partial charge in [-0.3, -0.25) is 14.1 Å². The Hall–Kier alpha value is -1.72. The van der Waals surface area contributed by atoms with Crippen LogP contribution in [0.5, 0.6) is 0 Å². The van der Waals surface area contributed by atoms with Crippen LogP contribution in [0.3, 0.4) is 0 Å². The van der Waals surface area contributed by atoms with E-state index >= 15 is 0 Å². The number of nitrogens with zero attached hydrogens (tertiary/aromatic N) is 3. The summed E-state index contributed by atoms with van der Waals surface area (Å²) in [6.07, 6.45) is -2.44. The summed E-state index contributed by atoms with van der Waals surface area (Å²) in [5.41, 5.74) is 3.79. The highest BCUT2D eigenvalue weighted by atomic mass is 32.4. The predicted octanol–water partition coefficient (Wildman–Crippen LogP) is 2.99. The van der Waals surface area contributed by atoms with Crippen LogP contribution in [0.15, 0.2) is 42.5 Å². The van der Waals surface area contributed by atoms with E-state index in [1.54, 1.807) is 0 Å². The molecule has 2 heterocycles. The molecule has 0 saturated carbocycles. The molecule has 4 rings (SSSR count). The van der Waals surface area contributed by atoms with E-state index in [0.717, 1.165) is 40.9 Å². The summed E-state index contributed by atoms with van der Waals surface area (Å²) < 4.78 is 9.73. The van der Waals surface area contributed by atoms with Crippen molar-refractivity contribution in [1.82, 2.24) is 4.67 Å². The molecule has 27 heavy (non-hydrogen) atoms. The molecule has 2 aromatic rings. The molecular formula is C20H24N3O2PS. The summed E-state index contributed by atoms with van der Waals surface area (Å²) in [4.78, 5) is 15.5. The Morgan fingerprint density at radius 1 is 1.07 bits per heavy atom. The van der Waals surface area contributed by atoms with Gasteiger partial charge < -0.3 is 9.64 Å². The Morgan fingerprint density at radius 3 is 2.37 bits per heavy atom. The number of benzene rings is 2. The van der Waals surface area contributed by atoms with Gasteiger partial charge in [-0.15, -0.1) is 0 Å². The number of amides is 1. The Balaban J connectivity index is 1.89. The van der Waals surface area contributed by atoms with Crippen LogP contribution in [0.4, 0.5) is 11.4 Å². The van der Waals surface area contributed by atoms with Crippen molar-refractivity contribution >= 4 is 40.7 Å². The summed E-state index contributed by atoms with van der Waals surface area (Å²) >= 11 is 6.34. The fourth-order valence-electron chi connectivity index (χ4n) is 3.64. The molecule has 142 valence electrons. The van der Waals surface area contributed by atoms with Gasteiger partial charge in [0.05, 0.1) is 18.8 Å². The Bertz CT molecular complexity index is 923. The molecule has 0 radical (unpaired) electrons. The standard InChI is InChI=1S/C20H24N3O2PS/c1-15-4-6-16(7-5-15)23-20(24)18-14-17(21(2)3)8-9-19(18)26(23,27)22-10-12-25-13-11-22/h4-9,14H,10-13H2,1-3H3/t26-/m1/s1. The molecule has 1 atom stereocenters. The van der Waals surface area contributed by atoms with Crippen molar-refractivity contribution < 1.29 is 9.53 Å². The zero-order valence-electron chi connectivity index (χ0n) is 15.9. The Kier molecular flexibility index (Phi) is 4.85. The summed E-state index contributed by atoms with van der Waals surface area (Å²) in [5.74, 6) is 0.00683. The van der Waals surface area contributed by atoms with Crippen molar-refractivity contribution in [3.05, 3.63) is 53.6 Å².